The van der Waals surface area contributed by atoms with E-state index in [1.807, 2.05) is 30.3 Å². The van der Waals surface area contributed by atoms with Gasteiger partial charge in [0, 0.05) is 17.6 Å². The van der Waals surface area contributed by atoms with Gasteiger partial charge in [-0.1, -0.05) is 69.4 Å². The number of unbranched alkanes of at least 4 members (excludes halogenated alkanes) is 3. The first-order valence-corrected chi connectivity index (χ1v) is 12.0. The molecule has 0 spiro atoms. The molecule has 0 saturated carbocycles. The molecule has 4 nitrogen and oxygen atoms in total. The highest BCUT2D eigenvalue weighted by molar-refractivity contribution is 6.04. The van der Waals surface area contributed by atoms with Crippen LogP contribution in [0.4, 0.5) is 0 Å². The van der Waals surface area contributed by atoms with E-state index in [4.69, 9.17) is 0 Å². The van der Waals surface area contributed by atoms with Gasteiger partial charge in [-0.3, -0.25) is 0 Å². The van der Waals surface area contributed by atoms with E-state index in [9.17, 15) is 15.2 Å². The Kier molecular flexibility index (Phi) is 6.95. The summed E-state index contributed by atoms with van der Waals surface area (Å²) >= 11 is 0. The van der Waals surface area contributed by atoms with Crippen molar-refractivity contribution in [1.29, 1.82) is 5.26 Å². The van der Waals surface area contributed by atoms with E-state index in [-0.39, 0.29) is 0 Å². The summed E-state index contributed by atoms with van der Waals surface area (Å²) in [4.78, 5) is 12.1. The lowest BCUT2D eigenvalue weighted by Gasteiger charge is -2.18. The summed E-state index contributed by atoms with van der Waals surface area (Å²) < 4.78 is 2.22. The number of rotatable bonds is 8. The predicted molar refractivity (Wildman–Crippen MR) is 128 cm³/mol. The highest BCUT2D eigenvalue weighted by atomic mass is 16.4. The molecule has 4 rings (SSSR count). The lowest BCUT2D eigenvalue weighted by atomic mass is 9.93. The molecule has 32 heavy (non-hydrogen) atoms. The molecule has 1 aliphatic carbocycles. The van der Waals surface area contributed by atoms with Crippen molar-refractivity contribution < 1.29 is 9.90 Å². The van der Waals surface area contributed by atoms with Crippen LogP contribution in [0, 0.1) is 17.2 Å². The minimum absolute atomic E-state index is 0.351. The van der Waals surface area contributed by atoms with Gasteiger partial charge < -0.3 is 9.67 Å². The molecular formula is C28H32N2O2. The van der Waals surface area contributed by atoms with Crippen LogP contribution in [0.2, 0.25) is 0 Å². The Morgan fingerprint density at radius 1 is 1.16 bits per heavy atom. The van der Waals surface area contributed by atoms with Crippen LogP contribution in [-0.2, 0) is 19.4 Å². The molecule has 0 radical (unpaired) electrons. The Balaban J connectivity index is 1.81. The number of nitriles is 1. The van der Waals surface area contributed by atoms with Crippen molar-refractivity contribution in [1.82, 2.24) is 4.57 Å². The van der Waals surface area contributed by atoms with Crippen molar-refractivity contribution in [3.8, 4) is 6.07 Å². The Morgan fingerprint density at radius 2 is 2.00 bits per heavy atom. The minimum atomic E-state index is -0.894. The summed E-state index contributed by atoms with van der Waals surface area (Å²) in [5, 5.41) is 20.6. The zero-order valence-corrected chi connectivity index (χ0v) is 18.9. The summed E-state index contributed by atoms with van der Waals surface area (Å²) in [5.74, 6) is -0.259. The van der Waals surface area contributed by atoms with E-state index in [2.05, 4.69) is 23.6 Å². The zero-order chi connectivity index (χ0) is 22.5. The highest BCUT2D eigenvalue weighted by Gasteiger charge is 2.26. The van der Waals surface area contributed by atoms with Crippen LogP contribution in [0.25, 0.3) is 10.9 Å². The third kappa shape index (κ3) is 4.43. The van der Waals surface area contributed by atoms with E-state index >= 15 is 0 Å². The number of hydrogen-bond donors (Lipinski definition) is 1. The minimum Gasteiger partial charge on any atom is -0.478 e. The largest absolute Gasteiger partial charge is 0.478 e. The number of para-hydroxylation sites is 1. The first-order chi connectivity index (χ1) is 15.6. The average Bonchev–Trinajstić information content (AvgIpc) is 2.95. The monoisotopic (exact) mass is 428 g/mol. The Hall–Kier alpha value is -3.06. The predicted octanol–water partition coefficient (Wildman–Crippen LogP) is 6.72. The van der Waals surface area contributed by atoms with Crippen LogP contribution >= 0.6 is 0 Å². The molecule has 3 aromatic rings. The normalized spacial score (nSPS) is 15.8. The first kappa shape index (κ1) is 22.1. The molecule has 0 amide bonds. The molecule has 1 atom stereocenters. The SMILES string of the molecule is CCCCCCC1CCCc2c(n(Cc3ccccc3C#N)c3c(C(=O)O)cccc23)C1. The molecule has 1 aromatic heterocycles. The van der Waals surface area contributed by atoms with E-state index in [1.54, 1.807) is 6.07 Å². The molecule has 4 heteroatoms. The lowest BCUT2D eigenvalue weighted by Crippen LogP contribution is -2.12. The molecule has 1 N–H and O–H groups in total. The molecule has 2 aromatic carbocycles. The van der Waals surface area contributed by atoms with Gasteiger partial charge in [-0.2, -0.15) is 5.26 Å². The number of nitrogens with zero attached hydrogens (tertiary/aromatic N) is 2. The molecule has 0 fully saturated rings. The summed E-state index contributed by atoms with van der Waals surface area (Å²) in [5.41, 5.74) is 5.35. The lowest BCUT2D eigenvalue weighted by molar-refractivity contribution is 0.0698. The second-order valence-corrected chi connectivity index (χ2v) is 9.10. The molecule has 1 heterocycles. The maximum Gasteiger partial charge on any atom is 0.337 e. The average molecular weight is 429 g/mol. The number of carboxylic acid groups (broad SMARTS) is 1. The van der Waals surface area contributed by atoms with Crippen molar-refractivity contribution in [3.05, 3.63) is 70.4 Å². The van der Waals surface area contributed by atoms with Crippen molar-refractivity contribution in [2.24, 2.45) is 5.92 Å². The third-order valence-corrected chi connectivity index (χ3v) is 6.99. The number of carbonyl (C=O) groups is 1. The van der Waals surface area contributed by atoms with Crippen molar-refractivity contribution in [2.45, 2.75) is 71.3 Å². The van der Waals surface area contributed by atoms with Crippen LogP contribution in [0.15, 0.2) is 42.5 Å². The van der Waals surface area contributed by atoms with Crippen molar-refractivity contribution in [2.75, 3.05) is 0 Å². The van der Waals surface area contributed by atoms with Crippen LogP contribution in [-0.4, -0.2) is 15.6 Å². The second kappa shape index (κ2) is 10.0. The van der Waals surface area contributed by atoms with Gasteiger partial charge in [0.2, 0.25) is 0 Å². The number of aryl methyl sites for hydroxylation is 1. The summed E-state index contributed by atoms with van der Waals surface area (Å²) in [6.45, 7) is 2.78. The van der Waals surface area contributed by atoms with Gasteiger partial charge in [0.1, 0.15) is 0 Å². The second-order valence-electron chi connectivity index (χ2n) is 9.10. The topological polar surface area (TPSA) is 66.0 Å². The first-order valence-electron chi connectivity index (χ1n) is 12.0. The Labute approximate surface area is 190 Å². The number of fused-ring (bicyclic) bond motifs is 3. The molecule has 166 valence electrons. The van der Waals surface area contributed by atoms with Crippen LogP contribution in [0.3, 0.4) is 0 Å². The third-order valence-electron chi connectivity index (χ3n) is 6.99. The van der Waals surface area contributed by atoms with E-state index in [1.165, 1.54) is 49.8 Å². The van der Waals surface area contributed by atoms with Gasteiger partial charge >= 0.3 is 5.97 Å². The summed E-state index contributed by atoms with van der Waals surface area (Å²) in [6.07, 6.45) is 10.7. The maximum absolute atomic E-state index is 12.1. The molecule has 0 aliphatic heterocycles. The maximum atomic E-state index is 12.1. The zero-order valence-electron chi connectivity index (χ0n) is 18.9. The van der Waals surface area contributed by atoms with Crippen molar-refractivity contribution >= 4 is 16.9 Å². The van der Waals surface area contributed by atoms with Gasteiger partial charge in [0.15, 0.2) is 0 Å². The Bertz CT molecular complexity index is 1150. The van der Waals surface area contributed by atoms with Gasteiger partial charge in [-0.15, -0.1) is 0 Å². The number of aromatic nitrogens is 1. The van der Waals surface area contributed by atoms with Gasteiger partial charge in [-0.25, -0.2) is 4.79 Å². The van der Waals surface area contributed by atoms with Crippen LogP contribution < -0.4 is 0 Å². The van der Waals surface area contributed by atoms with Gasteiger partial charge in [0.25, 0.3) is 0 Å². The molecule has 0 saturated heterocycles. The molecule has 0 bridgehead atoms. The molecular weight excluding hydrogens is 396 g/mol. The number of aromatic carboxylic acids is 1. The summed E-state index contributed by atoms with van der Waals surface area (Å²) in [6, 6.07) is 15.6. The van der Waals surface area contributed by atoms with E-state index < -0.39 is 5.97 Å². The Morgan fingerprint density at radius 3 is 2.78 bits per heavy atom. The number of benzene rings is 2. The fraction of sp³-hybridized carbons (Fsp3) is 0.429. The molecule has 1 aliphatic rings. The van der Waals surface area contributed by atoms with Gasteiger partial charge in [0.05, 0.1) is 22.7 Å². The summed E-state index contributed by atoms with van der Waals surface area (Å²) in [7, 11) is 0. The standard InChI is InChI=1S/C28H32N2O2/c1-2-3-4-5-10-20-11-8-14-23-24-15-9-16-25(28(31)32)27(24)30(26(23)17-20)19-22-13-7-6-12-21(22)18-29/h6-7,9,12-13,15-16,20H,2-5,8,10-11,14,17,19H2,1H3,(H,31,32). The highest BCUT2D eigenvalue weighted by Crippen LogP contribution is 2.37. The quantitative estimate of drug-likeness (QED) is 0.320. The van der Waals surface area contributed by atoms with Crippen LogP contribution in [0.5, 0.6) is 0 Å². The van der Waals surface area contributed by atoms with E-state index in [0.29, 0.717) is 23.6 Å². The fourth-order valence-corrected chi connectivity index (χ4v) is 5.38. The number of carboxylic acids is 1. The number of hydrogen-bond acceptors (Lipinski definition) is 2. The van der Waals surface area contributed by atoms with E-state index in [0.717, 1.165) is 35.7 Å². The van der Waals surface area contributed by atoms with Crippen molar-refractivity contribution in [3.63, 3.8) is 0 Å². The smallest absolute Gasteiger partial charge is 0.337 e. The van der Waals surface area contributed by atoms with Gasteiger partial charge in [-0.05, 0) is 54.9 Å². The van der Waals surface area contributed by atoms with Crippen LogP contribution in [0.1, 0.15) is 84.6 Å². The molecule has 1 unspecified atom stereocenters. The fourth-order valence-electron chi connectivity index (χ4n) is 5.38.